The molecule has 0 aliphatic heterocycles. The van der Waals surface area contributed by atoms with E-state index >= 15 is 0 Å². The second-order valence-electron chi connectivity index (χ2n) is 12.5. The van der Waals surface area contributed by atoms with Gasteiger partial charge in [0.1, 0.15) is 5.69 Å². The molecule has 0 N–H and O–H groups in total. The van der Waals surface area contributed by atoms with E-state index < -0.39 is 16.1 Å². The van der Waals surface area contributed by atoms with E-state index in [1.807, 2.05) is 17.5 Å². The first-order chi connectivity index (χ1) is 18.0. The van der Waals surface area contributed by atoms with E-state index in [0.717, 1.165) is 5.69 Å². The summed E-state index contributed by atoms with van der Waals surface area (Å²) in [5, 5.41) is 5.95. The van der Waals surface area contributed by atoms with Crippen molar-refractivity contribution in [2.24, 2.45) is 7.05 Å². The van der Waals surface area contributed by atoms with Gasteiger partial charge in [-0.25, -0.2) is 4.57 Å². The Morgan fingerprint density at radius 3 is 2.24 bits per heavy atom. The van der Waals surface area contributed by atoms with Gasteiger partial charge in [0.15, 0.2) is 11.0 Å². The lowest BCUT2D eigenvalue weighted by Crippen LogP contribution is -2.49. The lowest BCUT2D eigenvalue weighted by Gasteiger charge is -2.28. The maximum absolute atomic E-state index is 4.72. The van der Waals surface area contributed by atoms with Crippen molar-refractivity contribution in [3.05, 3.63) is 78.6 Å². The van der Waals surface area contributed by atoms with Crippen LogP contribution in [0.5, 0.6) is 0 Å². The fourth-order valence-electron chi connectivity index (χ4n) is 5.91. The number of hydrogen-bond donors (Lipinski definition) is 0. The predicted molar refractivity (Wildman–Crippen MR) is 171 cm³/mol. The predicted octanol–water partition coefficient (Wildman–Crippen LogP) is 7.28. The molecule has 3 nitrogen and oxygen atoms in total. The second kappa shape index (κ2) is 8.73. The third kappa shape index (κ3) is 3.81. The van der Waals surface area contributed by atoms with Crippen LogP contribution in [0.25, 0.3) is 48.3 Å². The number of aromatic nitrogens is 3. The first-order valence-corrected chi connectivity index (χ1v) is 21.2. The van der Waals surface area contributed by atoms with Crippen LogP contribution in [0.15, 0.2) is 72.9 Å². The number of benzene rings is 3. The second-order valence-corrected chi connectivity index (χ2v) is 23.6. The van der Waals surface area contributed by atoms with Gasteiger partial charge in [0, 0.05) is 31.6 Å². The minimum Gasteiger partial charge on any atom is -0.261 e. The van der Waals surface area contributed by atoms with Crippen LogP contribution in [0.3, 0.4) is 0 Å². The topological polar surface area (TPSA) is 21.7 Å². The Hall–Kier alpha value is -3.07. The number of fused-ring (bicyclic) bond motifs is 4. The van der Waals surface area contributed by atoms with E-state index in [0.29, 0.717) is 0 Å². The Kier molecular flexibility index (Phi) is 5.79. The lowest BCUT2D eigenvalue weighted by molar-refractivity contribution is -0.633. The smallest absolute Gasteiger partial charge is 0.261 e. The van der Waals surface area contributed by atoms with E-state index in [1.165, 1.54) is 53.5 Å². The summed E-state index contributed by atoms with van der Waals surface area (Å²) in [6.45, 7) is 17.2. The molecule has 6 heteroatoms. The molecule has 3 heterocycles. The molecule has 0 fully saturated rings. The van der Waals surface area contributed by atoms with Crippen molar-refractivity contribution in [2.45, 2.75) is 46.2 Å². The monoisotopic (exact) mass is 550 g/mol. The molecular weight excluding hydrogens is 515 g/mol. The number of imidazole rings is 1. The molecule has 0 aliphatic rings. The van der Waals surface area contributed by atoms with Crippen molar-refractivity contribution >= 4 is 69.1 Å². The molecule has 192 valence electrons. The molecule has 6 aromatic rings. The summed E-state index contributed by atoms with van der Waals surface area (Å²) < 4.78 is 7.82. The van der Waals surface area contributed by atoms with Crippen LogP contribution in [-0.2, 0) is 7.05 Å². The van der Waals surface area contributed by atoms with E-state index in [9.17, 15) is 0 Å². The summed E-state index contributed by atoms with van der Waals surface area (Å²) in [5.41, 5.74) is 6.17. The Morgan fingerprint density at radius 2 is 1.53 bits per heavy atom. The van der Waals surface area contributed by atoms with Crippen molar-refractivity contribution in [1.29, 1.82) is 0 Å². The van der Waals surface area contributed by atoms with Crippen molar-refractivity contribution in [3.8, 4) is 17.1 Å². The number of pyridine rings is 1. The highest BCUT2D eigenvalue weighted by molar-refractivity contribution is 7.27. The average Bonchev–Trinajstić information content (AvgIpc) is 3.37. The van der Waals surface area contributed by atoms with Gasteiger partial charge in [-0.15, -0.1) is 11.3 Å². The Labute approximate surface area is 231 Å². The number of aryl methyl sites for hydroxylation is 2. The molecule has 0 radical (unpaired) electrons. The summed E-state index contributed by atoms with van der Waals surface area (Å²) in [5.74, 6) is 1.20. The summed E-state index contributed by atoms with van der Waals surface area (Å²) >= 11 is 1.98. The van der Waals surface area contributed by atoms with Gasteiger partial charge in [0.2, 0.25) is 0 Å². The highest BCUT2D eigenvalue weighted by Gasteiger charge is 2.38. The number of rotatable bonds is 4. The molecule has 0 unspecified atom stereocenters. The van der Waals surface area contributed by atoms with E-state index in [4.69, 9.17) is 4.98 Å². The van der Waals surface area contributed by atoms with Gasteiger partial charge in [0.05, 0.1) is 34.5 Å². The number of nitrogens with zero attached hydrogens (tertiary/aromatic N) is 3. The molecule has 0 bridgehead atoms. The zero-order valence-electron chi connectivity index (χ0n) is 23.7. The normalized spacial score (nSPS) is 12.7. The molecule has 0 aliphatic carbocycles. The maximum atomic E-state index is 4.72. The Balaban J connectivity index is 1.91. The van der Waals surface area contributed by atoms with Crippen LogP contribution in [0.2, 0.25) is 39.3 Å². The summed E-state index contributed by atoms with van der Waals surface area (Å²) in [6.07, 6.45) is 1.90. The van der Waals surface area contributed by atoms with E-state index in [1.54, 1.807) is 5.19 Å². The molecule has 0 saturated carbocycles. The lowest BCUT2D eigenvalue weighted by atomic mass is 10.1. The first-order valence-electron chi connectivity index (χ1n) is 13.4. The van der Waals surface area contributed by atoms with Crippen LogP contribution in [0, 0.1) is 6.92 Å². The maximum Gasteiger partial charge on any atom is 0.296 e. The minimum atomic E-state index is -1.83. The summed E-state index contributed by atoms with van der Waals surface area (Å²) in [4.78, 5) is 4.72. The minimum absolute atomic E-state index is 1.05. The Bertz CT molecular complexity index is 1870. The van der Waals surface area contributed by atoms with Crippen molar-refractivity contribution in [2.75, 3.05) is 0 Å². The van der Waals surface area contributed by atoms with E-state index in [-0.39, 0.29) is 0 Å². The largest absolute Gasteiger partial charge is 0.296 e. The van der Waals surface area contributed by atoms with Gasteiger partial charge in [-0.2, -0.15) is 4.57 Å². The zero-order valence-corrected chi connectivity index (χ0v) is 26.5. The molecule has 0 saturated heterocycles. The van der Waals surface area contributed by atoms with Gasteiger partial charge in [0.25, 0.3) is 5.82 Å². The van der Waals surface area contributed by atoms with Gasteiger partial charge < -0.3 is 0 Å². The molecule has 3 aromatic carbocycles. The number of thiophene rings is 1. The molecule has 38 heavy (non-hydrogen) atoms. The quantitative estimate of drug-likeness (QED) is 0.167. The van der Waals surface area contributed by atoms with Gasteiger partial charge in [-0.3, -0.25) is 4.98 Å². The molecule has 3 aromatic heterocycles. The van der Waals surface area contributed by atoms with Crippen molar-refractivity contribution < 1.29 is 4.57 Å². The molecular formula is C32H36N3SSi2+. The van der Waals surface area contributed by atoms with Crippen LogP contribution >= 0.6 is 11.3 Å². The molecule has 6 rings (SSSR count). The summed E-state index contributed by atoms with van der Waals surface area (Å²) in [6, 6.07) is 24.7. The average molecular weight is 551 g/mol. The summed E-state index contributed by atoms with van der Waals surface area (Å²) in [7, 11) is -1.40. The van der Waals surface area contributed by atoms with E-state index in [2.05, 4.69) is 129 Å². The van der Waals surface area contributed by atoms with Gasteiger partial charge in [-0.05, 0) is 48.5 Å². The van der Waals surface area contributed by atoms with Crippen molar-refractivity contribution in [3.63, 3.8) is 0 Å². The van der Waals surface area contributed by atoms with Crippen LogP contribution in [-0.4, -0.2) is 25.7 Å². The highest BCUT2D eigenvalue weighted by Crippen LogP contribution is 2.37. The fourth-order valence-corrected chi connectivity index (χ4v) is 11.5. The third-order valence-electron chi connectivity index (χ3n) is 7.68. The van der Waals surface area contributed by atoms with Gasteiger partial charge >= 0.3 is 0 Å². The fraction of sp³-hybridized carbons (Fsp3) is 0.250. The zero-order chi connectivity index (χ0) is 27.0. The standard InChI is InChI=1S/C32H36N3SSi2/c1-21-22(15-13-19-33-21)32-34(2)25-16-10-11-17-26(25)35(32)29-28(37(3,4)5)20-24-23-14-9-12-18-27(23)36-30(24)31(29)38(6,7)8/h9-20H,1-8H3/q+1. The number of hydrogen-bond acceptors (Lipinski definition) is 2. The molecule has 0 spiro atoms. The Morgan fingerprint density at radius 1 is 0.816 bits per heavy atom. The van der Waals surface area contributed by atoms with Crippen LogP contribution in [0.4, 0.5) is 0 Å². The molecule has 0 amide bonds. The highest BCUT2D eigenvalue weighted by atomic mass is 32.1. The SMILES string of the molecule is Cc1ncccc1-c1n(-c2c([Si](C)(C)C)cc3c(sc4ccccc43)c2[Si](C)(C)C)c2ccccc2[n+]1C. The first kappa shape index (κ1) is 25.2. The third-order valence-corrected chi connectivity index (χ3v) is 13.1. The van der Waals surface area contributed by atoms with Crippen molar-refractivity contribution in [1.82, 2.24) is 9.55 Å². The van der Waals surface area contributed by atoms with Crippen LogP contribution in [0.1, 0.15) is 5.69 Å². The van der Waals surface area contributed by atoms with Gasteiger partial charge in [-0.1, -0.05) is 69.6 Å². The van der Waals surface area contributed by atoms with Crippen LogP contribution < -0.4 is 14.9 Å². The molecule has 0 atom stereocenters. The number of para-hydroxylation sites is 2.